The van der Waals surface area contributed by atoms with Gasteiger partial charge in [-0.05, 0) is 19.3 Å². The van der Waals surface area contributed by atoms with Crippen molar-refractivity contribution in [3.8, 4) is 0 Å². The van der Waals surface area contributed by atoms with Crippen LogP contribution in [0.4, 0.5) is 4.39 Å². The monoisotopic (exact) mass is 222 g/mol. The van der Waals surface area contributed by atoms with Crippen molar-refractivity contribution in [2.24, 2.45) is 0 Å². The molecule has 86 valence electrons. The lowest BCUT2D eigenvalue weighted by Crippen LogP contribution is -1.99. The maximum Gasteiger partial charge on any atom is 0.100 e. The van der Waals surface area contributed by atoms with E-state index in [0.717, 1.165) is 50.8 Å². The second-order valence-electron chi connectivity index (χ2n) is 3.98. The molecule has 1 atom stereocenters. The van der Waals surface area contributed by atoms with Gasteiger partial charge >= 0.3 is 0 Å². The molecule has 0 radical (unpaired) electrons. The van der Waals surface area contributed by atoms with Gasteiger partial charge in [-0.1, -0.05) is 45.4 Å². The Morgan fingerprint density at radius 1 is 0.929 bits per heavy atom. The van der Waals surface area contributed by atoms with Crippen molar-refractivity contribution in [2.75, 3.05) is 5.88 Å². The number of hydrogen-bond acceptors (Lipinski definition) is 0. The molecule has 1 unspecified atom stereocenters. The highest BCUT2D eigenvalue weighted by atomic mass is 35.5. The normalized spacial score (nSPS) is 13.1. The van der Waals surface area contributed by atoms with Crippen molar-refractivity contribution in [1.82, 2.24) is 0 Å². The maximum absolute atomic E-state index is 13.2. The Balaban J connectivity index is 3.06. The third-order valence-electron chi connectivity index (χ3n) is 2.52. The predicted molar refractivity (Wildman–Crippen MR) is 62.8 cm³/mol. The van der Waals surface area contributed by atoms with Gasteiger partial charge in [0.25, 0.3) is 0 Å². The fourth-order valence-electron chi connectivity index (χ4n) is 1.57. The van der Waals surface area contributed by atoms with E-state index in [4.69, 9.17) is 11.6 Å². The zero-order valence-electron chi connectivity index (χ0n) is 9.40. The summed E-state index contributed by atoms with van der Waals surface area (Å²) in [5, 5.41) is 0. The number of unbranched alkanes of at least 4 members (excludes halogenated alkanes) is 5. The zero-order valence-corrected chi connectivity index (χ0v) is 10.2. The Labute approximate surface area is 93.2 Å². The third-order valence-corrected chi connectivity index (χ3v) is 2.79. The Morgan fingerprint density at radius 2 is 1.50 bits per heavy atom. The smallest absolute Gasteiger partial charge is 0.100 e. The minimum absolute atomic E-state index is 0.558. The molecule has 0 bridgehead atoms. The van der Waals surface area contributed by atoms with Gasteiger partial charge in [-0.25, -0.2) is 4.39 Å². The molecule has 0 aliphatic rings. The van der Waals surface area contributed by atoms with Gasteiger partial charge in [-0.15, -0.1) is 11.6 Å². The highest BCUT2D eigenvalue weighted by molar-refractivity contribution is 6.17. The Kier molecular flexibility index (Phi) is 11.5. The van der Waals surface area contributed by atoms with Crippen LogP contribution in [0.5, 0.6) is 0 Å². The summed E-state index contributed by atoms with van der Waals surface area (Å²) in [4.78, 5) is 0. The van der Waals surface area contributed by atoms with E-state index in [1.807, 2.05) is 0 Å². The van der Waals surface area contributed by atoms with Crippen LogP contribution in [-0.4, -0.2) is 12.1 Å². The molecule has 0 amide bonds. The largest absolute Gasteiger partial charge is 0.247 e. The second kappa shape index (κ2) is 11.3. The molecule has 0 rings (SSSR count). The number of halogens is 2. The predicted octanol–water partition coefficient (Wildman–Crippen LogP) is 5.09. The van der Waals surface area contributed by atoms with Gasteiger partial charge in [0.05, 0.1) is 0 Å². The molecule has 0 nitrogen and oxygen atoms in total. The van der Waals surface area contributed by atoms with E-state index in [9.17, 15) is 4.39 Å². The van der Waals surface area contributed by atoms with Gasteiger partial charge in [-0.3, -0.25) is 0 Å². The first-order chi connectivity index (χ1) is 6.81. The number of alkyl halides is 2. The van der Waals surface area contributed by atoms with Crippen molar-refractivity contribution in [3.05, 3.63) is 0 Å². The van der Waals surface area contributed by atoms with Crippen LogP contribution in [0.15, 0.2) is 0 Å². The lowest BCUT2D eigenvalue weighted by molar-refractivity contribution is 0.280. The van der Waals surface area contributed by atoms with Crippen molar-refractivity contribution in [3.63, 3.8) is 0 Å². The van der Waals surface area contributed by atoms with E-state index in [1.165, 1.54) is 12.8 Å². The fraction of sp³-hybridized carbons (Fsp3) is 1.00. The van der Waals surface area contributed by atoms with E-state index >= 15 is 0 Å². The van der Waals surface area contributed by atoms with Crippen LogP contribution < -0.4 is 0 Å². The summed E-state index contributed by atoms with van der Waals surface area (Å²) >= 11 is 5.55. The molecule has 0 aromatic heterocycles. The molecule has 2 heteroatoms. The Morgan fingerprint density at radius 3 is 2.07 bits per heavy atom. The molecule has 0 heterocycles. The lowest BCUT2D eigenvalue weighted by atomic mass is 10.1. The van der Waals surface area contributed by atoms with Crippen LogP contribution in [-0.2, 0) is 0 Å². The third kappa shape index (κ3) is 10.3. The summed E-state index contributed by atoms with van der Waals surface area (Å²) in [5.41, 5.74) is 0. The number of hydrogen-bond donors (Lipinski definition) is 0. The van der Waals surface area contributed by atoms with Gasteiger partial charge in [-0.2, -0.15) is 0 Å². The minimum Gasteiger partial charge on any atom is -0.247 e. The average Bonchev–Trinajstić information content (AvgIpc) is 2.18. The highest BCUT2D eigenvalue weighted by Crippen LogP contribution is 2.14. The van der Waals surface area contributed by atoms with Crippen LogP contribution in [0.3, 0.4) is 0 Å². The molecule has 0 aromatic rings. The van der Waals surface area contributed by atoms with Crippen LogP contribution in [0.25, 0.3) is 0 Å². The SMILES string of the molecule is CCCCCC(F)CCCCCCCl. The van der Waals surface area contributed by atoms with Gasteiger partial charge < -0.3 is 0 Å². The van der Waals surface area contributed by atoms with E-state index in [2.05, 4.69) is 6.92 Å². The fourth-order valence-corrected chi connectivity index (χ4v) is 1.76. The summed E-state index contributed by atoms with van der Waals surface area (Å²) in [5.74, 6) is 0.746. The summed E-state index contributed by atoms with van der Waals surface area (Å²) in [6.07, 6.45) is 8.78. The van der Waals surface area contributed by atoms with Crippen LogP contribution in [0, 0.1) is 0 Å². The maximum atomic E-state index is 13.2. The molecule has 0 aliphatic carbocycles. The summed E-state index contributed by atoms with van der Waals surface area (Å²) in [6.45, 7) is 2.15. The summed E-state index contributed by atoms with van der Waals surface area (Å²) in [7, 11) is 0. The van der Waals surface area contributed by atoms with Crippen LogP contribution in [0.2, 0.25) is 0 Å². The molecule has 0 aromatic carbocycles. The van der Waals surface area contributed by atoms with Crippen LogP contribution >= 0.6 is 11.6 Å². The molecule has 14 heavy (non-hydrogen) atoms. The van der Waals surface area contributed by atoms with Gasteiger partial charge in [0.1, 0.15) is 6.17 Å². The zero-order chi connectivity index (χ0) is 10.6. The molecular weight excluding hydrogens is 199 g/mol. The van der Waals surface area contributed by atoms with E-state index in [0.29, 0.717) is 0 Å². The van der Waals surface area contributed by atoms with Crippen LogP contribution in [0.1, 0.15) is 64.7 Å². The summed E-state index contributed by atoms with van der Waals surface area (Å²) < 4.78 is 13.2. The molecule has 0 saturated carbocycles. The lowest BCUT2D eigenvalue weighted by Gasteiger charge is -2.06. The molecule has 0 spiro atoms. The molecule has 0 aliphatic heterocycles. The number of rotatable bonds is 10. The molecular formula is C12H24ClF. The van der Waals surface area contributed by atoms with E-state index < -0.39 is 6.17 Å². The quantitative estimate of drug-likeness (QED) is 0.357. The minimum atomic E-state index is -0.558. The molecule has 0 N–H and O–H groups in total. The Hall–Kier alpha value is 0.220. The van der Waals surface area contributed by atoms with E-state index in [1.54, 1.807) is 0 Å². The van der Waals surface area contributed by atoms with E-state index in [-0.39, 0.29) is 0 Å². The van der Waals surface area contributed by atoms with Crippen molar-refractivity contribution >= 4 is 11.6 Å². The second-order valence-corrected chi connectivity index (χ2v) is 4.36. The van der Waals surface area contributed by atoms with Crippen molar-refractivity contribution in [2.45, 2.75) is 70.9 Å². The first kappa shape index (κ1) is 14.2. The average molecular weight is 223 g/mol. The topological polar surface area (TPSA) is 0 Å². The van der Waals surface area contributed by atoms with Crippen molar-refractivity contribution in [1.29, 1.82) is 0 Å². The Bertz CT molecular complexity index is 106. The molecule has 0 saturated heterocycles. The van der Waals surface area contributed by atoms with Gasteiger partial charge in [0.2, 0.25) is 0 Å². The van der Waals surface area contributed by atoms with Gasteiger partial charge in [0.15, 0.2) is 0 Å². The standard InChI is InChI=1S/C12H24ClF/c1-2-3-6-9-12(14)10-7-4-5-8-11-13/h12H,2-11H2,1H3. The van der Waals surface area contributed by atoms with Gasteiger partial charge in [0, 0.05) is 5.88 Å². The first-order valence-corrected chi connectivity index (χ1v) is 6.54. The first-order valence-electron chi connectivity index (χ1n) is 6.01. The molecule has 0 fully saturated rings. The summed E-state index contributed by atoms with van der Waals surface area (Å²) in [6, 6.07) is 0. The highest BCUT2D eigenvalue weighted by Gasteiger charge is 2.04. The van der Waals surface area contributed by atoms with Crippen molar-refractivity contribution < 1.29 is 4.39 Å².